The lowest BCUT2D eigenvalue weighted by molar-refractivity contribution is -0.150. The summed E-state index contributed by atoms with van der Waals surface area (Å²) in [6.07, 6.45) is 38.2. The molecule has 0 aromatic rings. The number of rotatable bonds is 55. The number of hydrogen-bond acceptors (Lipinski definition) is 12. The summed E-state index contributed by atoms with van der Waals surface area (Å²) in [5.74, 6) is -0.0261. The molecule has 0 aliphatic carbocycles. The molecular weight excluding hydrogens is 985 g/mol. The Bertz CT molecular complexity index is 1300. The highest BCUT2D eigenvalue weighted by atomic mass is 16.6. The van der Waals surface area contributed by atoms with Gasteiger partial charge in [0.2, 0.25) is 0 Å². The van der Waals surface area contributed by atoms with E-state index < -0.39 is 24.4 Å². The molecule has 78 heavy (non-hydrogen) atoms. The molecule has 4 unspecified atom stereocenters. The number of nitrogens with one attached hydrogen (secondary N) is 2. The molecule has 0 radical (unpaired) electrons. The Labute approximate surface area is 478 Å². The van der Waals surface area contributed by atoms with Gasteiger partial charge in [-0.25, -0.2) is 9.59 Å². The van der Waals surface area contributed by atoms with Crippen molar-refractivity contribution >= 4 is 24.1 Å². The van der Waals surface area contributed by atoms with E-state index in [0.29, 0.717) is 39.5 Å². The minimum atomic E-state index is -0.893. The zero-order valence-corrected chi connectivity index (χ0v) is 51.1. The van der Waals surface area contributed by atoms with Crippen LogP contribution in [0.3, 0.4) is 0 Å². The van der Waals surface area contributed by atoms with E-state index in [2.05, 4.69) is 48.1 Å². The first-order chi connectivity index (χ1) is 38.3. The normalized spacial score (nSPS) is 15.5. The molecular formula is C64H122N4O10. The molecule has 0 aromatic carbocycles. The molecule has 2 rings (SSSR count). The van der Waals surface area contributed by atoms with Gasteiger partial charge < -0.3 is 48.9 Å². The molecule has 0 saturated carbocycles. The first-order valence-electron chi connectivity index (χ1n) is 33.1. The van der Waals surface area contributed by atoms with Gasteiger partial charge in [-0.05, 0) is 142 Å². The van der Waals surface area contributed by atoms with Crippen molar-refractivity contribution in [1.82, 2.24) is 20.4 Å². The molecule has 2 aliphatic rings. The smallest absolute Gasteiger partial charge is 0.407 e. The summed E-state index contributed by atoms with van der Waals surface area (Å²) >= 11 is 0. The Balaban J connectivity index is 1.93. The highest BCUT2D eigenvalue weighted by Gasteiger charge is 2.30. The fraction of sp³-hybridized carbons (Fsp3) is 0.938. The van der Waals surface area contributed by atoms with Gasteiger partial charge in [-0.2, -0.15) is 0 Å². The fourth-order valence-corrected chi connectivity index (χ4v) is 10.8. The monoisotopic (exact) mass is 1110 g/mol. The minimum absolute atomic E-state index is 0.00873. The van der Waals surface area contributed by atoms with Crippen molar-refractivity contribution in [2.45, 2.75) is 284 Å². The zero-order chi connectivity index (χ0) is 56.2. The number of alkyl carbamates (subject to hydrolysis) is 2. The second-order valence-electron chi connectivity index (χ2n) is 23.1. The van der Waals surface area contributed by atoms with Gasteiger partial charge in [0.15, 0.2) is 12.2 Å². The van der Waals surface area contributed by atoms with Crippen molar-refractivity contribution in [2.75, 3.05) is 92.0 Å². The summed E-state index contributed by atoms with van der Waals surface area (Å²) < 4.78 is 36.1. The first kappa shape index (κ1) is 71.4. The Hall–Kier alpha value is -2.68. The number of likely N-dealkylation sites (tertiary alicyclic amines) is 2. The van der Waals surface area contributed by atoms with Crippen molar-refractivity contribution < 1.29 is 47.6 Å². The van der Waals surface area contributed by atoms with Crippen LogP contribution in [0.1, 0.15) is 272 Å². The molecule has 2 aliphatic heterocycles. The van der Waals surface area contributed by atoms with Crippen LogP contribution in [0, 0.1) is 11.8 Å². The molecule has 0 spiro atoms. The van der Waals surface area contributed by atoms with Crippen LogP contribution in [0.15, 0.2) is 0 Å². The van der Waals surface area contributed by atoms with Gasteiger partial charge in [0, 0.05) is 26.3 Å². The Morgan fingerprint density at radius 1 is 0.372 bits per heavy atom. The third-order valence-electron chi connectivity index (χ3n) is 15.9. The molecule has 0 aromatic heterocycles. The lowest BCUT2D eigenvalue weighted by atomic mass is 9.94. The van der Waals surface area contributed by atoms with Crippen molar-refractivity contribution in [3.63, 3.8) is 0 Å². The van der Waals surface area contributed by atoms with E-state index in [4.69, 9.17) is 28.4 Å². The van der Waals surface area contributed by atoms with Crippen LogP contribution in [-0.4, -0.2) is 138 Å². The van der Waals surface area contributed by atoms with E-state index in [-0.39, 0.29) is 37.0 Å². The number of amides is 2. The number of unbranched alkanes of at least 4 members (excludes halogenated alkanes) is 22. The minimum Gasteiger partial charge on any atom is -0.465 e. The van der Waals surface area contributed by atoms with E-state index in [1.165, 1.54) is 128 Å². The van der Waals surface area contributed by atoms with Crippen LogP contribution in [0.4, 0.5) is 9.59 Å². The topological polar surface area (TPSA) is 154 Å². The lowest BCUT2D eigenvalue weighted by Gasteiger charge is -2.27. The summed E-state index contributed by atoms with van der Waals surface area (Å²) in [6.45, 7) is 18.0. The molecule has 14 heteroatoms. The van der Waals surface area contributed by atoms with Gasteiger partial charge in [0.05, 0.1) is 38.3 Å². The number of hydrogen-bond donors (Lipinski definition) is 2. The van der Waals surface area contributed by atoms with Crippen LogP contribution in [0.25, 0.3) is 0 Å². The molecule has 2 N–H and O–H groups in total. The maximum atomic E-state index is 13.4. The molecule has 0 bridgehead atoms. The second-order valence-corrected chi connectivity index (χ2v) is 23.1. The van der Waals surface area contributed by atoms with Crippen molar-refractivity contribution in [3.05, 3.63) is 0 Å². The highest BCUT2D eigenvalue weighted by molar-refractivity contribution is 5.72. The summed E-state index contributed by atoms with van der Waals surface area (Å²) in [5.41, 5.74) is 0. The van der Waals surface area contributed by atoms with Gasteiger partial charge >= 0.3 is 24.1 Å². The standard InChI is InChI=1S/C64H122N4O10/c1-5-9-13-17-19-27-41-57(39-25-15-11-7-3)61(69)75-53-35-23-21-33-51-73-55-59(77-63(71)65-43-37-49-67-45-29-30-46-67)60(78-64(72)66-44-38-50-68-47-31-32-48-68)56-74-52-34-22-24-36-54-76-62(70)58(40-26-16-12-8-4)42-28-20-18-14-10-6-2/h57-60H,5-56H2,1-4H3,(H,65,71)(H,66,72). The third-order valence-corrected chi connectivity index (χ3v) is 15.9. The van der Waals surface area contributed by atoms with Gasteiger partial charge in [0.1, 0.15) is 0 Å². The number of esters is 2. The fourth-order valence-electron chi connectivity index (χ4n) is 10.8. The zero-order valence-electron chi connectivity index (χ0n) is 51.1. The summed E-state index contributed by atoms with van der Waals surface area (Å²) in [4.78, 5) is 57.9. The molecule has 2 amide bonds. The summed E-state index contributed by atoms with van der Waals surface area (Å²) in [5, 5.41) is 5.85. The Morgan fingerprint density at radius 3 is 1.01 bits per heavy atom. The van der Waals surface area contributed by atoms with Crippen molar-refractivity contribution in [1.29, 1.82) is 0 Å². The van der Waals surface area contributed by atoms with E-state index in [1.54, 1.807) is 0 Å². The quantitative estimate of drug-likeness (QED) is 0.0338. The predicted octanol–water partition coefficient (Wildman–Crippen LogP) is 15.1. The Morgan fingerprint density at radius 2 is 0.667 bits per heavy atom. The Kier molecular flexibility index (Phi) is 48.0. The van der Waals surface area contributed by atoms with Crippen LogP contribution >= 0.6 is 0 Å². The SMILES string of the molecule is CCCCCCCCC(CCCCCC)C(=O)OCCCCCCOCC(OC(=O)NCCCN1CCCC1)C(COCCCCCCOC(=O)C(CCCCCC)CCCCCCCC)OC(=O)NCCCN1CCCC1. The van der Waals surface area contributed by atoms with Crippen molar-refractivity contribution in [2.24, 2.45) is 11.8 Å². The van der Waals surface area contributed by atoms with Crippen molar-refractivity contribution in [3.8, 4) is 0 Å². The number of carbonyl (C=O) groups excluding carboxylic acids is 4. The third kappa shape index (κ3) is 40.5. The largest absolute Gasteiger partial charge is 0.465 e. The first-order valence-corrected chi connectivity index (χ1v) is 33.1. The molecule has 2 heterocycles. The lowest BCUT2D eigenvalue weighted by Crippen LogP contribution is -2.45. The average Bonchev–Trinajstić information content (AvgIpc) is 4.18. The van der Waals surface area contributed by atoms with E-state index in [1.807, 2.05) is 0 Å². The van der Waals surface area contributed by atoms with Gasteiger partial charge in [-0.3, -0.25) is 9.59 Å². The molecule has 458 valence electrons. The average molecular weight is 1110 g/mol. The predicted molar refractivity (Wildman–Crippen MR) is 318 cm³/mol. The van der Waals surface area contributed by atoms with Crippen LogP contribution in [0.5, 0.6) is 0 Å². The second kappa shape index (κ2) is 52.4. The summed E-state index contributed by atoms with van der Waals surface area (Å²) in [7, 11) is 0. The number of ether oxygens (including phenoxy) is 6. The van der Waals surface area contributed by atoms with E-state index in [9.17, 15) is 19.2 Å². The molecule has 2 fully saturated rings. The van der Waals surface area contributed by atoms with E-state index >= 15 is 0 Å². The van der Waals surface area contributed by atoms with Gasteiger partial charge in [-0.1, -0.05) is 169 Å². The maximum absolute atomic E-state index is 13.4. The molecule has 14 nitrogen and oxygen atoms in total. The summed E-state index contributed by atoms with van der Waals surface area (Å²) in [6, 6.07) is 0. The number of carbonyl (C=O) groups is 4. The van der Waals surface area contributed by atoms with Crippen LogP contribution in [-0.2, 0) is 38.0 Å². The van der Waals surface area contributed by atoms with Crippen LogP contribution < -0.4 is 10.6 Å². The van der Waals surface area contributed by atoms with E-state index in [0.717, 1.165) is 155 Å². The molecule has 4 atom stereocenters. The highest BCUT2D eigenvalue weighted by Crippen LogP contribution is 2.23. The van der Waals surface area contributed by atoms with Gasteiger partial charge in [-0.15, -0.1) is 0 Å². The molecule has 2 saturated heterocycles. The number of nitrogens with zero attached hydrogens (tertiary/aromatic N) is 2. The van der Waals surface area contributed by atoms with Crippen LogP contribution in [0.2, 0.25) is 0 Å². The van der Waals surface area contributed by atoms with Gasteiger partial charge in [0.25, 0.3) is 0 Å². The maximum Gasteiger partial charge on any atom is 0.407 e.